The molecule has 0 aliphatic rings. The van der Waals surface area contributed by atoms with E-state index >= 15 is 0 Å². The van der Waals surface area contributed by atoms with E-state index < -0.39 is 5.38 Å². The molecule has 0 aliphatic heterocycles. The van der Waals surface area contributed by atoms with Crippen LogP contribution in [0, 0.1) is 22.7 Å². The van der Waals surface area contributed by atoms with Gasteiger partial charge in [0.05, 0.1) is 18.6 Å². The standard InChI is InChI=1S/C4H3ClN2/c5-4(3-7)1-2-6/h4H,1H2. The highest BCUT2D eigenvalue weighted by Crippen LogP contribution is 1.95. The van der Waals surface area contributed by atoms with Gasteiger partial charge in [0.15, 0.2) is 0 Å². The van der Waals surface area contributed by atoms with Crippen LogP contribution in [0.15, 0.2) is 0 Å². The van der Waals surface area contributed by atoms with Gasteiger partial charge in [0.1, 0.15) is 5.38 Å². The molecule has 0 aromatic carbocycles. The van der Waals surface area contributed by atoms with E-state index in [1.807, 2.05) is 0 Å². The van der Waals surface area contributed by atoms with Crippen molar-refractivity contribution in [2.75, 3.05) is 0 Å². The van der Waals surface area contributed by atoms with Crippen LogP contribution in [0.4, 0.5) is 0 Å². The number of halogens is 1. The van der Waals surface area contributed by atoms with Gasteiger partial charge in [0.2, 0.25) is 0 Å². The maximum absolute atomic E-state index is 7.93. The fraction of sp³-hybridized carbons (Fsp3) is 0.500. The quantitative estimate of drug-likeness (QED) is 0.478. The zero-order valence-corrected chi connectivity index (χ0v) is 4.31. The topological polar surface area (TPSA) is 47.6 Å². The summed E-state index contributed by atoms with van der Waals surface area (Å²) >= 11 is 5.18. The highest BCUT2D eigenvalue weighted by atomic mass is 35.5. The fourth-order valence-corrected chi connectivity index (χ4v) is 0.195. The number of nitriles is 2. The Morgan fingerprint density at radius 2 is 2.14 bits per heavy atom. The van der Waals surface area contributed by atoms with Gasteiger partial charge >= 0.3 is 0 Å². The molecule has 0 spiro atoms. The van der Waals surface area contributed by atoms with Gasteiger partial charge < -0.3 is 0 Å². The van der Waals surface area contributed by atoms with Crippen LogP contribution in [0.3, 0.4) is 0 Å². The minimum atomic E-state index is -0.634. The first-order chi connectivity index (χ1) is 3.31. The molecule has 0 fully saturated rings. The largest absolute Gasteiger partial charge is 0.198 e. The lowest BCUT2D eigenvalue weighted by Crippen LogP contribution is -1.88. The fourth-order valence-electron chi connectivity index (χ4n) is 0.126. The molecule has 0 saturated carbocycles. The molecular weight excluding hydrogens is 112 g/mol. The van der Waals surface area contributed by atoms with Gasteiger partial charge in [-0.05, 0) is 0 Å². The van der Waals surface area contributed by atoms with E-state index in [0.29, 0.717) is 0 Å². The van der Waals surface area contributed by atoms with Gasteiger partial charge in [-0.2, -0.15) is 10.5 Å². The van der Waals surface area contributed by atoms with Crippen LogP contribution in [0.25, 0.3) is 0 Å². The number of nitrogens with zero attached hydrogens (tertiary/aromatic N) is 2. The molecule has 2 nitrogen and oxygen atoms in total. The Morgan fingerprint density at radius 1 is 1.57 bits per heavy atom. The van der Waals surface area contributed by atoms with Gasteiger partial charge in [0, 0.05) is 0 Å². The normalized spacial score (nSPS) is 11.3. The molecule has 0 N–H and O–H groups in total. The summed E-state index contributed by atoms with van der Waals surface area (Å²) in [5, 5.41) is 15.2. The lowest BCUT2D eigenvalue weighted by atomic mass is 10.4. The maximum Gasteiger partial charge on any atom is 0.133 e. The Balaban J connectivity index is 3.27. The summed E-state index contributed by atoms with van der Waals surface area (Å²) in [5.41, 5.74) is 0. The SMILES string of the molecule is N#CCC(Cl)C#N. The molecule has 3 heteroatoms. The Bertz CT molecular complexity index is 119. The molecule has 0 radical (unpaired) electrons. The third-order valence-corrected chi connectivity index (χ3v) is 0.662. The van der Waals surface area contributed by atoms with Crippen LogP contribution >= 0.6 is 11.6 Å². The molecule has 0 saturated heterocycles. The summed E-state index contributed by atoms with van der Waals surface area (Å²) in [5.74, 6) is 0. The average Bonchev–Trinajstić information content (AvgIpc) is 1.68. The first-order valence-corrected chi connectivity index (χ1v) is 2.15. The van der Waals surface area contributed by atoms with Gasteiger partial charge in [-0.1, -0.05) is 0 Å². The Kier molecular flexibility index (Phi) is 3.10. The van der Waals surface area contributed by atoms with Crippen molar-refractivity contribution in [3.05, 3.63) is 0 Å². The van der Waals surface area contributed by atoms with Crippen LogP contribution in [0.1, 0.15) is 6.42 Å². The zero-order chi connectivity index (χ0) is 5.70. The summed E-state index contributed by atoms with van der Waals surface area (Å²) < 4.78 is 0. The third kappa shape index (κ3) is 3.09. The van der Waals surface area contributed by atoms with Crippen molar-refractivity contribution < 1.29 is 0 Å². The van der Waals surface area contributed by atoms with Gasteiger partial charge in [-0.3, -0.25) is 0 Å². The Labute approximate surface area is 46.9 Å². The molecule has 0 aromatic heterocycles. The molecule has 1 atom stereocenters. The van der Waals surface area contributed by atoms with Gasteiger partial charge in [-0.15, -0.1) is 11.6 Å². The summed E-state index contributed by atoms with van der Waals surface area (Å²) in [6, 6.07) is 3.47. The molecule has 1 unspecified atom stereocenters. The highest BCUT2D eigenvalue weighted by Gasteiger charge is 1.96. The third-order valence-electron chi connectivity index (χ3n) is 0.411. The van der Waals surface area contributed by atoms with E-state index in [0.717, 1.165) is 0 Å². The summed E-state index contributed by atoms with van der Waals surface area (Å²) in [6.07, 6.45) is 0.109. The predicted octanol–water partition coefficient (Wildman–Crippen LogP) is 1.03. The van der Waals surface area contributed by atoms with Crippen molar-refractivity contribution >= 4 is 11.6 Å². The second-order valence-corrected chi connectivity index (χ2v) is 1.49. The minimum absolute atomic E-state index is 0.109. The van der Waals surface area contributed by atoms with Crippen molar-refractivity contribution in [3.63, 3.8) is 0 Å². The first-order valence-electron chi connectivity index (χ1n) is 1.72. The molecule has 0 bridgehead atoms. The van der Waals surface area contributed by atoms with Gasteiger partial charge in [-0.25, -0.2) is 0 Å². The molecule has 0 amide bonds. The molecule has 7 heavy (non-hydrogen) atoms. The first kappa shape index (κ1) is 6.27. The van der Waals surface area contributed by atoms with Crippen molar-refractivity contribution in [1.29, 1.82) is 10.5 Å². The Morgan fingerprint density at radius 3 is 2.29 bits per heavy atom. The van der Waals surface area contributed by atoms with E-state index in [9.17, 15) is 0 Å². The molecule has 0 aromatic rings. The molecular formula is C4H3ClN2. The molecule has 0 heterocycles. The van der Waals surface area contributed by atoms with Crippen molar-refractivity contribution in [1.82, 2.24) is 0 Å². The number of hydrogen-bond donors (Lipinski definition) is 0. The molecule has 0 aliphatic carbocycles. The number of hydrogen-bond acceptors (Lipinski definition) is 2. The van der Waals surface area contributed by atoms with Crippen LogP contribution in [-0.4, -0.2) is 5.38 Å². The Hall–Kier alpha value is -0.730. The molecule has 0 rings (SSSR count). The summed E-state index contributed by atoms with van der Waals surface area (Å²) in [7, 11) is 0. The maximum atomic E-state index is 7.93. The van der Waals surface area contributed by atoms with E-state index in [1.54, 1.807) is 12.1 Å². The summed E-state index contributed by atoms with van der Waals surface area (Å²) in [4.78, 5) is 0. The van der Waals surface area contributed by atoms with E-state index in [2.05, 4.69) is 0 Å². The average molecular weight is 115 g/mol. The smallest absolute Gasteiger partial charge is 0.133 e. The minimum Gasteiger partial charge on any atom is -0.198 e. The zero-order valence-electron chi connectivity index (χ0n) is 3.56. The van der Waals surface area contributed by atoms with Crippen LogP contribution < -0.4 is 0 Å². The van der Waals surface area contributed by atoms with Gasteiger partial charge in [0.25, 0.3) is 0 Å². The van der Waals surface area contributed by atoms with E-state index in [1.165, 1.54) is 0 Å². The van der Waals surface area contributed by atoms with Crippen LogP contribution in [0.2, 0.25) is 0 Å². The number of alkyl halides is 1. The van der Waals surface area contributed by atoms with E-state index in [-0.39, 0.29) is 6.42 Å². The molecule has 36 valence electrons. The monoisotopic (exact) mass is 114 g/mol. The van der Waals surface area contributed by atoms with Crippen LogP contribution in [0.5, 0.6) is 0 Å². The van der Waals surface area contributed by atoms with Crippen molar-refractivity contribution in [2.45, 2.75) is 11.8 Å². The summed E-state index contributed by atoms with van der Waals surface area (Å²) in [6.45, 7) is 0. The lowest BCUT2D eigenvalue weighted by molar-refractivity contribution is 1.08. The number of rotatable bonds is 1. The highest BCUT2D eigenvalue weighted by molar-refractivity contribution is 6.22. The van der Waals surface area contributed by atoms with Crippen molar-refractivity contribution in [2.24, 2.45) is 0 Å². The van der Waals surface area contributed by atoms with E-state index in [4.69, 9.17) is 22.1 Å². The second kappa shape index (κ2) is 3.46. The second-order valence-electron chi connectivity index (χ2n) is 0.959. The lowest BCUT2D eigenvalue weighted by Gasteiger charge is -1.82. The predicted molar refractivity (Wildman–Crippen MR) is 25.5 cm³/mol. The van der Waals surface area contributed by atoms with Crippen LogP contribution in [-0.2, 0) is 0 Å². The van der Waals surface area contributed by atoms with Crippen molar-refractivity contribution in [3.8, 4) is 12.1 Å².